The molecule has 0 spiro atoms. The molecule has 19 heavy (non-hydrogen) atoms. The van der Waals surface area contributed by atoms with Crippen LogP contribution in [-0.4, -0.2) is 18.1 Å². The zero-order valence-electron chi connectivity index (χ0n) is 11.0. The van der Waals surface area contributed by atoms with Gasteiger partial charge in [0.05, 0.1) is 0 Å². The molecule has 3 rings (SSSR count). The van der Waals surface area contributed by atoms with E-state index in [1.54, 1.807) is 12.1 Å². The summed E-state index contributed by atoms with van der Waals surface area (Å²) in [5, 5.41) is 1.90. The summed E-state index contributed by atoms with van der Waals surface area (Å²) in [5.74, 6) is 1.51. The number of pyridine rings is 1. The van der Waals surface area contributed by atoms with Crippen molar-refractivity contribution in [3.63, 3.8) is 0 Å². The van der Waals surface area contributed by atoms with Crippen molar-refractivity contribution in [2.24, 2.45) is 5.92 Å². The zero-order valence-corrected chi connectivity index (χ0v) is 11.0. The van der Waals surface area contributed by atoms with Gasteiger partial charge in [0.25, 0.3) is 0 Å². The third-order valence-electron chi connectivity index (χ3n) is 4.02. The number of anilines is 1. The van der Waals surface area contributed by atoms with Gasteiger partial charge in [0, 0.05) is 24.7 Å². The van der Waals surface area contributed by atoms with Gasteiger partial charge in [-0.3, -0.25) is 0 Å². The highest BCUT2D eigenvalue weighted by atomic mass is 19.1. The molecule has 0 N–H and O–H groups in total. The first kappa shape index (κ1) is 12.4. The molecule has 0 aliphatic carbocycles. The topological polar surface area (TPSA) is 16.1 Å². The van der Waals surface area contributed by atoms with Crippen molar-refractivity contribution in [3.8, 4) is 0 Å². The Hall–Kier alpha value is -1.64. The lowest BCUT2D eigenvalue weighted by atomic mass is 9.94. The molecule has 1 fully saturated rings. The zero-order chi connectivity index (χ0) is 13.2. The minimum absolute atomic E-state index is 0.194. The summed E-state index contributed by atoms with van der Waals surface area (Å²) in [5.41, 5.74) is 0. The molecular weight excluding hydrogens is 239 g/mol. The van der Waals surface area contributed by atoms with Crippen molar-refractivity contribution in [2.75, 3.05) is 18.0 Å². The molecule has 0 bridgehead atoms. The van der Waals surface area contributed by atoms with Crippen molar-refractivity contribution < 1.29 is 4.39 Å². The van der Waals surface area contributed by atoms with E-state index in [-0.39, 0.29) is 5.82 Å². The van der Waals surface area contributed by atoms with Gasteiger partial charge in [-0.2, -0.15) is 0 Å². The lowest BCUT2D eigenvalue weighted by Gasteiger charge is -2.32. The van der Waals surface area contributed by atoms with Crippen LogP contribution in [0.15, 0.2) is 30.5 Å². The van der Waals surface area contributed by atoms with Gasteiger partial charge in [0.2, 0.25) is 0 Å². The lowest BCUT2D eigenvalue weighted by Crippen LogP contribution is -2.33. The predicted octanol–water partition coefficient (Wildman–Crippen LogP) is 3.81. The third-order valence-corrected chi connectivity index (χ3v) is 4.02. The molecule has 0 amide bonds. The Morgan fingerprint density at radius 3 is 2.74 bits per heavy atom. The number of halogens is 1. The fourth-order valence-corrected chi connectivity index (χ4v) is 2.72. The maximum Gasteiger partial charge on any atom is 0.129 e. The number of nitrogens with zero attached hydrogens (tertiary/aromatic N) is 2. The SMILES string of the molecule is [CH2]CC1CCN(c2cc3cc(F)ccc3cn2)CC1. The molecule has 0 unspecified atom stereocenters. The van der Waals surface area contributed by atoms with Gasteiger partial charge in [-0.05, 0) is 48.4 Å². The number of hydrogen-bond donors (Lipinski definition) is 0. The fourth-order valence-electron chi connectivity index (χ4n) is 2.72. The summed E-state index contributed by atoms with van der Waals surface area (Å²) in [7, 11) is 0. The number of benzene rings is 1. The summed E-state index contributed by atoms with van der Waals surface area (Å²) in [6.45, 7) is 6.03. The molecule has 1 aliphatic rings. The highest BCUT2D eigenvalue weighted by Gasteiger charge is 2.18. The molecule has 0 atom stereocenters. The van der Waals surface area contributed by atoms with Crippen LogP contribution in [0.2, 0.25) is 0 Å². The highest BCUT2D eigenvalue weighted by Crippen LogP contribution is 2.26. The van der Waals surface area contributed by atoms with Crippen LogP contribution in [0.5, 0.6) is 0 Å². The van der Waals surface area contributed by atoms with E-state index < -0.39 is 0 Å². The van der Waals surface area contributed by atoms with Crippen molar-refractivity contribution in [2.45, 2.75) is 19.3 Å². The van der Waals surface area contributed by atoms with Gasteiger partial charge in [0.15, 0.2) is 0 Å². The number of fused-ring (bicyclic) bond motifs is 1. The Morgan fingerprint density at radius 2 is 2.00 bits per heavy atom. The van der Waals surface area contributed by atoms with Crippen LogP contribution >= 0.6 is 0 Å². The summed E-state index contributed by atoms with van der Waals surface area (Å²) in [6.07, 6.45) is 5.19. The largest absolute Gasteiger partial charge is 0.357 e. The average Bonchev–Trinajstić information content (AvgIpc) is 2.46. The van der Waals surface area contributed by atoms with E-state index >= 15 is 0 Å². The second kappa shape index (κ2) is 5.16. The fraction of sp³-hybridized carbons (Fsp3) is 0.375. The van der Waals surface area contributed by atoms with Crippen LogP contribution in [-0.2, 0) is 0 Å². The minimum atomic E-state index is -0.194. The van der Waals surface area contributed by atoms with Crippen LogP contribution in [0.4, 0.5) is 10.2 Å². The number of hydrogen-bond acceptors (Lipinski definition) is 2. The highest BCUT2D eigenvalue weighted by molar-refractivity contribution is 5.84. The molecular formula is C16H18FN2. The van der Waals surface area contributed by atoms with Crippen molar-refractivity contribution in [1.82, 2.24) is 4.98 Å². The second-order valence-corrected chi connectivity index (χ2v) is 5.25. The summed E-state index contributed by atoms with van der Waals surface area (Å²) in [4.78, 5) is 6.79. The Morgan fingerprint density at radius 1 is 1.21 bits per heavy atom. The molecule has 1 radical (unpaired) electrons. The molecule has 1 aromatic heterocycles. The van der Waals surface area contributed by atoms with Crippen LogP contribution in [0.1, 0.15) is 19.3 Å². The number of aromatic nitrogens is 1. The molecule has 2 nitrogen and oxygen atoms in total. The number of rotatable bonds is 2. The first-order valence-electron chi connectivity index (χ1n) is 6.86. The first-order chi connectivity index (χ1) is 9.26. The van der Waals surface area contributed by atoms with Gasteiger partial charge in [-0.25, -0.2) is 9.37 Å². The second-order valence-electron chi connectivity index (χ2n) is 5.25. The summed E-state index contributed by atoms with van der Waals surface area (Å²) >= 11 is 0. The van der Waals surface area contributed by atoms with Gasteiger partial charge in [0.1, 0.15) is 11.6 Å². The van der Waals surface area contributed by atoms with E-state index in [1.165, 1.54) is 18.9 Å². The molecule has 2 aromatic rings. The van der Waals surface area contributed by atoms with E-state index in [2.05, 4.69) is 16.8 Å². The standard InChI is InChI=1S/C16H18FN2/c1-2-12-5-7-19(8-6-12)16-10-14-9-15(17)4-3-13(14)11-18-16/h3-4,9-12H,1-2,5-8H2. The Kier molecular flexibility index (Phi) is 3.36. The van der Waals surface area contributed by atoms with Gasteiger partial charge in [-0.15, -0.1) is 0 Å². The molecule has 3 heteroatoms. The Balaban J connectivity index is 1.85. The van der Waals surface area contributed by atoms with E-state index in [0.717, 1.165) is 42.0 Å². The van der Waals surface area contributed by atoms with Gasteiger partial charge < -0.3 is 4.90 Å². The molecule has 99 valence electrons. The van der Waals surface area contributed by atoms with Crippen LogP contribution in [0.25, 0.3) is 10.8 Å². The lowest BCUT2D eigenvalue weighted by molar-refractivity contribution is 0.407. The van der Waals surface area contributed by atoms with E-state index in [1.807, 2.05) is 12.3 Å². The monoisotopic (exact) mass is 257 g/mol. The Labute approximate surface area is 113 Å². The van der Waals surface area contributed by atoms with Crippen molar-refractivity contribution in [1.29, 1.82) is 0 Å². The van der Waals surface area contributed by atoms with E-state index in [0.29, 0.717) is 0 Å². The smallest absolute Gasteiger partial charge is 0.129 e. The van der Waals surface area contributed by atoms with Gasteiger partial charge >= 0.3 is 0 Å². The van der Waals surface area contributed by atoms with Crippen LogP contribution in [0, 0.1) is 18.7 Å². The molecule has 1 saturated heterocycles. The van der Waals surface area contributed by atoms with Crippen molar-refractivity contribution >= 4 is 16.6 Å². The molecule has 2 heterocycles. The van der Waals surface area contributed by atoms with Crippen LogP contribution < -0.4 is 4.90 Å². The molecule has 1 aliphatic heterocycles. The van der Waals surface area contributed by atoms with E-state index in [4.69, 9.17) is 0 Å². The normalized spacial score (nSPS) is 17.1. The molecule has 0 saturated carbocycles. The predicted molar refractivity (Wildman–Crippen MR) is 76.6 cm³/mol. The van der Waals surface area contributed by atoms with Crippen molar-refractivity contribution in [3.05, 3.63) is 43.2 Å². The summed E-state index contributed by atoms with van der Waals surface area (Å²) in [6, 6.07) is 6.81. The Bertz CT molecular complexity index is 574. The van der Waals surface area contributed by atoms with Crippen LogP contribution in [0.3, 0.4) is 0 Å². The minimum Gasteiger partial charge on any atom is -0.357 e. The number of piperidine rings is 1. The van der Waals surface area contributed by atoms with Gasteiger partial charge in [-0.1, -0.05) is 13.3 Å². The first-order valence-corrected chi connectivity index (χ1v) is 6.86. The average molecular weight is 257 g/mol. The molecule has 1 aromatic carbocycles. The maximum absolute atomic E-state index is 13.3. The third kappa shape index (κ3) is 2.55. The van der Waals surface area contributed by atoms with E-state index in [9.17, 15) is 4.39 Å². The maximum atomic E-state index is 13.3. The summed E-state index contributed by atoms with van der Waals surface area (Å²) < 4.78 is 13.3. The quantitative estimate of drug-likeness (QED) is 0.813.